The van der Waals surface area contributed by atoms with Crippen molar-refractivity contribution >= 4 is 11.8 Å². The maximum Gasteiger partial charge on any atom is 0.226 e. The van der Waals surface area contributed by atoms with Crippen molar-refractivity contribution in [1.29, 1.82) is 0 Å². The molecule has 1 saturated heterocycles. The molecule has 1 aliphatic heterocycles. The standard InChI is InChI=1S/C18H26N4O3/c1-21-8-7-19-16(21)15-13(11-14(23)22(15)9-10-25-2)17(24)20-18(5-6-18)12-3-4-12/h7-8,12-13,15H,3-6,9-11H2,1-2H3,(H,20,24)/t13-,15-/m0/s1. The number of nitrogens with zero attached hydrogens (tertiary/aromatic N) is 3. The van der Waals surface area contributed by atoms with E-state index in [4.69, 9.17) is 4.74 Å². The van der Waals surface area contributed by atoms with Gasteiger partial charge in [-0.15, -0.1) is 0 Å². The van der Waals surface area contributed by atoms with Crippen LogP contribution in [-0.2, 0) is 21.4 Å². The molecule has 7 nitrogen and oxygen atoms in total. The van der Waals surface area contributed by atoms with Crippen LogP contribution in [0.4, 0.5) is 0 Å². The van der Waals surface area contributed by atoms with Crippen molar-refractivity contribution in [2.45, 2.75) is 43.7 Å². The average Bonchev–Trinajstić information content (AvgIpc) is 3.49. The van der Waals surface area contributed by atoms with Gasteiger partial charge >= 0.3 is 0 Å². The number of ether oxygens (including phenoxy) is 1. The highest BCUT2D eigenvalue weighted by Crippen LogP contribution is 2.54. The van der Waals surface area contributed by atoms with E-state index in [0.717, 1.165) is 18.7 Å². The van der Waals surface area contributed by atoms with Gasteiger partial charge in [0.2, 0.25) is 11.8 Å². The highest BCUT2D eigenvalue weighted by molar-refractivity contribution is 5.90. The lowest BCUT2D eigenvalue weighted by molar-refractivity contribution is -0.130. The Morgan fingerprint density at radius 1 is 1.44 bits per heavy atom. The minimum absolute atomic E-state index is 0.00136. The van der Waals surface area contributed by atoms with Gasteiger partial charge in [-0.3, -0.25) is 9.59 Å². The quantitative estimate of drug-likeness (QED) is 0.800. The first-order chi connectivity index (χ1) is 12.1. The van der Waals surface area contributed by atoms with E-state index in [1.807, 2.05) is 17.8 Å². The van der Waals surface area contributed by atoms with Crippen molar-refractivity contribution in [2.75, 3.05) is 20.3 Å². The molecular formula is C18H26N4O3. The lowest BCUT2D eigenvalue weighted by atomic mass is 9.97. The molecule has 0 spiro atoms. The van der Waals surface area contributed by atoms with Crippen LogP contribution < -0.4 is 5.32 Å². The zero-order valence-corrected chi connectivity index (χ0v) is 14.9. The van der Waals surface area contributed by atoms with Gasteiger partial charge in [0.15, 0.2) is 0 Å². The monoisotopic (exact) mass is 346 g/mol. The van der Waals surface area contributed by atoms with E-state index in [9.17, 15) is 9.59 Å². The molecular weight excluding hydrogens is 320 g/mol. The summed E-state index contributed by atoms with van der Waals surface area (Å²) in [6.45, 7) is 0.928. The average molecular weight is 346 g/mol. The first-order valence-electron chi connectivity index (χ1n) is 9.13. The highest BCUT2D eigenvalue weighted by Gasteiger charge is 2.56. The number of hydrogen-bond acceptors (Lipinski definition) is 4. The van der Waals surface area contributed by atoms with Crippen molar-refractivity contribution in [3.05, 3.63) is 18.2 Å². The zero-order valence-electron chi connectivity index (χ0n) is 14.9. The molecule has 0 radical (unpaired) electrons. The maximum absolute atomic E-state index is 13.1. The van der Waals surface area contributed by atoms with Crippen LogP contribution in [0, 0.1) is 11.8 Å². The number of methoxy groups -OCH3 is 1. The summed E-state index contributed by atoms with van der Waals surface area (Å²) in [4.78, 5) is 31.8. The Morgan fingerprint density at radius 2 is 2.20 bits per heavy atom. The predicted octanol–water partition coefficient (Wildman–Crippen LogP) is 1.01. The summed E-state index contributed by atoms with van der Waals surface area (Å²) in [6, 6.07) is -0.322. The van der Waals surface area contributed by atoms with Gasteiger partial charge in [0, 0.05) is 45.1 Å². The van der Waals surface area contributed by atoms with Crippen LogP contribution in [0.15, 0.2) is 12.4 Å². The summed E-state index contributed by atoms with van der Waals surface area (Å²) in [7, 11) is 3.52. The Balaban J connectivity index is 1.57. The van der Waals surface area contributed by atoms with Gasteiger partial charge in [0.05, 0.1) is 12.5 Å². The molecule has 4 rings (SSSR count). The van der Waals surface area contributed by atoms with Crippen LogP contribution in [-0.4, -0.2) is 52.1 Å². The maximum atomic E-state index is 13.1. The largest absolute Gasteiger partial charge is 0.383 e. The number of carbonyl (C=O) groups excluding carboxylic acids is 2. The zero-order chi connectivity index (χ0) is 17.6. The molecule has 1 aromatic heterocycles. The number of likely N-dealkylation sites (tertiary alicyclic amines) is 1. The second-order valence-electron chi connectivity index (χ2n) is 7.65. The molecule has 2 heterocycles. The number of aromatic nitrogens is 2. The third-order valence-corrected chi connectivity index (χ3v) is 5.95. The first-order valence-corrected chi connectivity index (χ1v) is 9.13. The van der Waals surface area contributed by atoms with E-state index in [-0.39, 0.29) is 35.7 Å². The Labute approximate surface area is 147 Å². The first kappa shape index (κ1) is 16.6. The third kappa shape index (κ3) is 2.94. The van der Waals surface area contributed by atoms with Crippen molar-refractivity contribution in [3.8, 4) is 0 Å². The van der Waals surface area contributed by atoms with Gasteiger partial charge < -0.3 is 19.5 Å². The number of carbonyl (C=O) groups is 2. The Hall–Kier alpha value is -1.89. The van der Waals surface area contributed by atoms with E-state index in [2.05, 4.69) is 10.3 Å². The van der Waals surface area contributed by atoms with Gasteiger partial charge in [-0.05, 0) is 31.6 Å². The van der Waals surface area contributed by atoms with Crippen LogP contribution >= 0.6 is 0 Å². The molecule has 2 atom stereocenters. The van der Waals surface area contributed by atoms with Gasteiger partial charge in [0.1, 0.15) is 11.9 Å². The molecule has 3 aliphatic rings. The SMILES string of the molecule is COCCN1C(=O)C[C@H](C(=O)NC2(C3CC3)CC2)[C@H]1c1nccn1C. The lowest BCUT2D eigenvalue weighted by Gasteiger charge is -2.28. The summed E-state index contributed by atoms with van der Waals surface area (Å²) >= 11 is 0. The number of rotatable bonds is 7. The lowest BCUT2D eigenvalue weighted by Crippen LogP contribution is -2.44. The summed E-state index contributed by atoms with van der Waals surface area (Å²) in [5.41, 5.74) is 0.0201. The normalized spacial score (nSPS) is 27.6. The molecule has 3 fully saturated rings. The van der Waals surface area contributed by atoms with E-state index in [1.165, 1.54) is 12.8 Å². The molecule has 0 aromatic carbocycles. The van der Waals surface area contributed by atoms with Crippen LogP contribution in [0.1, 0.15) is 44.0 Å². The van der Waals surface area contributed by atoms with Crippen LogP contribution in [0.5, 0.6) is 0 Å². The molecule has 2 amide bonds. The molecule has 136 valence electrons. The van der Waals surface area contributed by atoms with Crippen molar-refractivity contribution in [1.82, 2.24) is 19.8 Å². The van der Waals surface area contributed by atoms with Crippen LogP contribution in [0.2, 0.25) is 0 Å². The molecule has 0 unspecified atom stereocenters. The number of hydrogen-bond donors (Lipinski definition) is 1. The third-order valence-electron chi connectivity index (χ3n) is 5.95. The molecule has 0 bridgehead atoms. The van der Waals surface area contributed by atoms with Crippen molar-refractivity contribution in [2.24, 2.45) is 18.9 Å². The number of imidazole rings is 1. The van der Waals surface area contributed by atoms with Gasteiger partial charge in [-0.25, -0.2) is 4.98 Å². The van der Waals surface area contributed by atoms with E-state index >= 15 is 0 Å². The Kier molecular flexibility index (Phi) is 4.06. The van der Waals surface area contributed by atoms with Crippen molar-refractivity contribution < 1.29 is 14.3 Å². The smallest absolute Gasteiger partial charge is 0.226 e. The fourth-order valence-electron chi connectivity index (χ4n) is 4.20. The predicted molar refractivity (Wildman–Crippen MR) is 90.5 cm³/mol. The number of amides is 2. The van der Waals surface area contributed by atoms with E-state index in [0.29, 0.717) is 19.1 Å². The number of nitrogens with one attached hydrogen (secondary N) is 1. The second kappa shape index (κ2) is 6.12. The highest BCUT2D eigenvalue weighted by atomic mass is 16.5. The molecule has 1 N–H and O–H groups in total. The minimum atomic E-state index is -0.387. The molecule has 25 heavy (non-hydrogen) atoms. The van der Waals surface area contributed by atoms with Crippen molar-refractivity contribution in [3.63, 3.8) is 0 Å². The fraction of sp³-hybridized carbons (Fsp3) is 0.722. The van der Waals surface area contributed by atoms with Gasteiger partial charge in [-0.2, -0.15) is 0 Å². The van der Waals surface area contributed by atoms with Crippen LogP contribution in [0.3, 0.4) is 0 Å². The summed E-state index contributed by atoms with van der Waals surface area (Å²) in [6.07, 6.45) is 8.39. The van der Waals surface area contributed by atoms with Gasteiger partial charge in [0.25, 0.3) is 0 Å². The summed E-state index contributed by atoms with van der Waals surface area (Å²) in [5.74, 6) is 1.02. The van der Waals surface area contributed by atoms with E-state index in [1.54, 1.807) is 18.2 Å². The number of aryl methyl sites for hydroxylation is 1. The molecule has 2 aliphatic carbocycles. The van der Waals surface area contributed by atoms with Crippen LogP contribution in [0.25, 0.3) is 0 Å². The fourth-order valence-corrected chi connectivity index (χ4v) is 4.20. The summed E-state index contributed by atoms with van der Waals surface area (Å²) in [5, 5.41) is 3.29. The Morgan fingerprint density at radius 3 is 2.76 bits per heavy atom. The second-order valence-corrected chi connectivity index (χ2v) is 7.65. The van der Waals surface area contributed by atoms with E-state index < -0.39 is 0 Å². The molecule has 7 heteroatoms. The minimum Gasteiger partial charge on any atom is -0.383 e. The molecule has 2 saturated carbocycles. The molecule has 1 aromatic rings. The Bertz CT molecular complexity index is 678. The topological polar surface area (TPSA) is 76.5 Å². The van der Waals surface area contributed by atoms with Gasteiger partial charge in [-0.1, -0.05) is 0 Å². The summed E-state index contributed by atoms with van der Waals surface area (Å²) < 4.78 is 7.05.